The molecule has 0 fully saturated rings. The molecule has 0 radical (unpaired) electrons. The molecule has 0 aliphatic heterocycles. The van der Waals surface area contributed by atoms with Crippen molar-refractivity contribution in [3.05, 3.63) is 4.91 Å². The van der Waals surface area contributed by atoms with Gasteiger partial charge >= 0.3 is 0 Å². The van der Waals surface area contributed by atoms with Gasteiger partial charge in [0.2, 0.25) is 0 Å². The Kier molecular flexibility index (Phi) is 13.6. The molecular weight excluding hydrogens is 130 g/mol. The van der Waals surface area contributed by atoms with Crippen LogP contribution in [0.2, 0.25) is 0 Å². The number of hydrogen-bond acceptors (Lipinski definition) is 3. The Labute approximate surface area is 62.7 Å². The van der Waals surface area contributed by atoms with Crippen LogP contribution in [-0.2, 0) is 4.84 Å². The van der Waals surface area contributed by atoms with E-state index in [1.165, 1.54) is 0 Å². The molecule has 0 aromatic rings. The Bertz CT molecular complexity index is 64.6. The third kappa shape index (κ3) is 15.7. The Morgan fingerprint density at radius 1 is 1.40 bits per heavy atom. The van der Waals surface area contributed by atoms with Crippen molar-refractivity contribution in [1.82, 2.24) is 0 Å². The second kappa shape index (κ2) is 11.2. The Morgan fingerprint density at radius 2 is 1.90 bits per heavy atom. The zero-order chi connectivity index (χ0) is 8.41. The average molecular weight is 147 g/mol. The van der Waals surface area contributed by atoms with Gasteiger partial charge in [0.05, 0.1) is 0 Å². The van der Waals surface area contributed by atoms with Gasteiger partial charge in [0.1, 0.15) is 6.61 Å². The molecule has 0 rings (SSSR count). The summed E-state index contributed by atoms with van der Waals surface area (Å²) < 4.78 is 0. The molecule has 0 amide bonds. The van der Waals surface area contributed by atoms with Crippen LogP contribution in [0.15, 0.2) is 5.34 Å². The molecule has 0 N–H and O–H groups in total. The first-order valence-electron chi connectivity index (χ1n) is 3.72. The molecule has 10 heavy (non-hydrogen) atoms. The summed E-state index contributed by atoms with van der Waals surface area (Å²) in [7, 11) is 0. The van der Waals surface area contributed by atoms with Gasteiger partial charge in [-0.05, 0) is 12.3 Å². The molecule has 0 saturated heterocycles. The zero-order valence-electron chi connectivity index (χ0n) is 7.26. The van der Waals surface area contributed by atoms with E-state index in [0.717, 1.165) is 6.42 Å². The molecule has 0 aromatic heterocycles. The first-order valence-corrected chi connectivity index (χ1v) is 3.72. The molecular formula is C7H17NO2. The van der Waals surface area contributed by atoms with Gasteiger partial charge in [0.15, 0.2) is 5.34 Å². The zero-order valence-corrected chi connectivity index (χ0v) is 7.26. The lowest BCUT2D eigenvalue weighted by Gasteiger charge is -1.98. The summed E-state index contributed by atoms with van der Waals surface area (Å²) in [5.74, 6) is 0.580. The van der Waals surface area contributed by atoms with Gasteiger partial charge < -0.3 is 4.84 Å². The van der Waals surface area contributed by atoms with Gasteiger partial charge in [-0.2, -0.15) is 0 Å². The van der Waals surface area contributed by atoms with Crippen molar-refractivity contribution in [3.63, 3.8) is 0 Å². The first kappa shape index (κ1) is 12.1. The highest BCUT2D eigenvalue weighted by Gasteiger charge is 1.91. The monoisotopic (exact) mass is 147 g/mol. The Balaban J connectivity index is 0. The SMILES string of the molecule is CC.CC(C)CCON=O. The molecule has 3 nitrogen and oxygen atoms in total. The summed E-state index contributed by atoms with van der Waals surface area (Å²) in [6, 6.07) is 0. The molecule has 3 heteroatoms. The molecule has 0 bridgehead atoms. The van der Waals surface area contributed by atoms with Gasteiger partial charge in [0, 0.05) is 0 Å². The average Bonchev–Trinajstić information content (AvgIpc) is 1.92. The van der Waals surface area contributed by atoms with Crippen LogP contribution in [0.4, 0.5) is 0 Å². The smallest absolute Gasteiger partial charge is 0.155 e. The summed E-state index contributed by atoms with van der Waals surface area (Å²) >= 11 is 0. The van der Waals surface area contributed by atoms with Crippen molar-refractivity contribution in [2.45, 2.75) is 34.1 Å². The van der Waals surface area contributed by atoms with Gasteiger partial charge in [-0.15, -0.1) is 4.91 Å². The third-order valence-electron chi connectivity index (χ3n) is 0.839. The summed E-state index contributed by atoms with van der Waals surface area (Å²) in [6.45, 7) is 8.57. The molecule has 0 aliphatic rings. The number of nitrogens with zero attached hydrogens (tertiary/aromatic N) is 1. The van der Waals surface area contributed by atoms with E-state index in [0.29, 0.717) is 12.5 Å². The topological polar surface area (TPSA) is 38.7 Å². The highest BCUT2D eigenvalue weighted by molar-refractivity contribution is 4.40. The Hall–Kier alpha value is -0.600. The lowest BCUT2D eigenvalue weighted by atomic mass is 10.1. The van der Waals surface area contributed by atoms with Crippen LogP contribution in [0, 0.1) is 10.8 Å². The highest BCUT2D eigenvalue weighted by Crippen LogP contribution is 1.98. The Morgan fingerprint density at radius 3 is 2.20 bits per heavy atom. The molecule has 0 heterocycles. The van der Waals surface area contributed by atoms with Crippen LogP contribution < -0.4 is 0 Å². The van der Waals surface area contributed by atoms with E-state index in [1.54, 1.807) is 0 Å². The fourth-order valence-corrected chi connectivity index (χ4v) is 0.326. The predicted molar refractivity (Wildman–Crippen MR) is 42.6 cm³/mol. The van der Waals surface area contributed by atoms with Crippen molar-refractivity contribution in [1.29, 1.82) is 0 Å². The summed E-state index contributed by atoms with van der Waals surface area (Å²) in [5, 5.41) is 2.26. The fourth-order valence-electron chi connectivity index (χ4n) is 0.326. The maximum Gasteiger partial charge on any atom is 0.155 e. The third-order valence-corrected chi connectivity index (χ3v) is 0.839. The van der Waals surface area contributed by atoms with E-state index in [9.17, 15) is 4.91 Å². The van der Waals surface area contributed by atoms with Gasteiger partial charge in [0.25, 0.3) is 0 Å². The first-order chi connectivity index (χ1) is 4.77. The van der Waals surface area contributed by atoms with Crippen molar-refractivity contribution < 1.29 is 4.84 Å². The second-order valence-electron chi connectivity index (χ2n) is 2.09. The minimum atomic E-state index is 0.446. The van der Waals surface area contributed by atoms with Crippen LogP contribution in [-0.4, -0.2) is 6.61 Å². The summed E-state index contributed by atoms with van der Waals surface area (Å²) in [6.07, 6.45) is 0.895. The minimum absolute atomic E-state index is 0.446. The number of rotatable bonds is 4. The van der Waals surface area contributed by atoms with E-state index in [2.05, 4.69) is 24.0 Å². The van der Waals surface area contributed by atoms with E-state index >= 15 is 0 Å². The molecule has 0 spiro atoms. The van der Waals surface area contributed by atoms with Gasteiger partial charge in [-0.1, -0.05) is 27.7 Å². The van der Waals surface area contributed by atoms with E-state index in [4.69, 9.17) is 0 Å². The normalized spacial score (nSPS) is 8.10. The largest absolute Gasteiger partial charge is 0.364 e. The maximum atomic E-state index is 9.31. The van der Waals surface area contributed by atoms with Crippen molar-refractivity contribution in [3.8, 4) is 0 Å². The standard InChI is InChI=1S/C5H11NO2.C2H6/c1-5(2)3-4-8-6-7;1-2/h5H,3-4H2,1-2H3;1-2H3. The van der Waals surface area contributed by atoms with E-state index in [1.807, 2.05) is 13.8 Å². The van der Waals surface area contributed by atoms with Crippen molar-refractivity contribution in [2.75, 3.05) is 6.61 Å². The number of hydrogen-bond donors (Lipinski definition) is 0. The van der Waals surface area contributed by atoms with E-state index in [-0.39, 0.29) is 0 Å². The van der Waals surface area contributed by atoms with Gasteiger partial charge in [-0.3, -0.25) is 0 Å². The summed E-state index contributed by atoms with van der Waals surface area (Å²) in [4.78, 5) is 13.5. The molecule has 0 aliphatic carbocycles. The lowest BCUT2D eigenvalue weighted by molar-refractivity contribution is 0.128. The van der Waals surface area contributed by atoms with E-state index < -0.39 is 0 Å². The predicted octanol–water partition coefficient (Wildman–Crippen LogP) is 2.76. The lowest BCUT2D eigenvalue weighted by Crippen LogP contribution is -1.93. The molecule has 0 unspecified atom stereocenters. The van der Waals surface area contributed by atoms with Crippen molar-refractivity contribution >= 4 is 0 Å². The fraction of sp³-hybridized carbons (Fsp3) is 1.00. The van der Waals surface area contributed by atoms with Crippen LogP contribution in [0.3, 0.4) is 0 Å². The summed E-state index contributed by atoms with van der Waals surface area (Å²) in [5.41, 5.74) is 0. The molecule has 0 saturated carbocycles. The highest BCUT2D eigenvalue weighted by atomic mass is 16.7. The van der Waals surface area contributed by atoms with Crippen molar-refractivity contribution in [2.24, 2.45) is 11.3 Å². The quantitative estimate of drug-likeness (QED) is 0.348. The van der Waals surface area contributed by atoms with Crippen LogP contribution >= 0.6 is 0 Å². The van der Waals surface area contributed by atoms with Gasteiger partial charge in [-0.25, -0.2) is 0 Å². The molecule has 0 atom stereocenters. The van der Waals surface area contributed by atoms with Crippen LogP contribution in [0.5, 0.6) is 0 Å². The van der Waals surface area contributed by atoms with Crippen LogP contribution in [0.25, 0.3) is 0 Å². The second-order valence-corrected chi connectivity index (χ2v) is 2.09. The van der Waals surface area contributed by atoms with Crippen LogP contribution in [0.1, 0.15) is 34.1 Å². The molecule has 62 valence electrons. The molecule has 0 aromatic carbocycles. The maximum absolute atomic E-state index is 9.31. The minimum Gasteiger partial charge on any atom is -0.364 e.